The van der Waals surface area contributed by atoms with Gasteiger partial charge in [-0.2, -0.15) is 5.10 Å². The highest BCUT2D eigenvalue weighted by molar-refractivity contribution is 5.20. The Hall–Kier alpha value is -1.91. The zero-order valence-corrected chi connectivity index (χ0v) is 10.1. The first-order valence-electron chi connectivity index (χ1n) is 5.79. The lowest BCUT2D eigenvalue weighted by molar-refractivity contribution is 0.292. The van der Waals surface area contributed by atoms with Crippen molar-refractivity contribution in [1.82, 2.24) is 9.78 Å². The second-order valence-corrected chi connectivity index (χ2v) is 3.93. The molecule has 0 fully saturated rings. The molecular formula is C13H14F2N2O. The number of aromatic nitrogens is 2. The third-order valence-corrected chi connectivity index (χ3v) is 2.51. The molecule has 3 nitrogen and oxygen atoms in total. The minimum Gasteiger partial charge on any atom is -0.485 e. The SMILES string of the molecule is CCCn1cc(OCc2c(F)cccc2F)cn1. The molecule has 96 valence electrons. The van der Waals surface area contributed by atoms with Gasteiger partial charge in [-0.1, -0.05) is 13.0 Å². The van der Waals surface area contributed by atoms with Crippen LogP contribution in [0.25, 0.3) is 0 Å². The third kappa shape index (κ3) is 2.85. The predicted octanol–water partition coefficient (Wildman–Crippen LogP) is 3.15. The van der Waals surface area contributed by atoms with Gasteiger partial charge in [0.25, 0.3) is 0 Å². The van der Waals surface area contributed by atoms with Crippen LogP contribution < -0.4 is 4.74 Å². The van der Waals surface area contributed by atoms with Crippen LogP contribution in [0.2, 0.25) is 0 Å². The molecule has 0 amide bonds. The van der Waals surface area contributed by atoms with E-state index in [0.29, 0.717) is 5.75 Å². The van der Waals surface area contributed by atoms with Crippen LogP contribution in [-0.4, -0.2) is 9.78 Å². The lowest BCUT2D eigenvalue weighted by atomic mass is 10.2. The van der Waals surface area contributed by atoms with E-state index >= 15 is 0 Å². The first-order chi connectivity index (χ1) is 8.70. The molecule has 18 heavy (non-hydrogen) atoms. The monoisotopic (exact) mass is 252 g/mol. The van der Waals surface area contributed by atoms with Gasteiger partial charge in [0.05, 0.1) is 18.0 Å². The molecule has 0 aliphatic rings. The van der Waals surface area contributed by atoms with E-state index in [1.165, 1.54) is 24.4 Å². The Morgan fingerprint density at radius 1 is 1.28 bits per heavy atom. The maximum atomic E-state index is 13.3. The lowest BCUT2D eigenvalue weighted by Crippen LogP contribution is -2.01. The Balaban J connectivity index is 2.02. The molecule has 5 heteroatoms. The molecule has 0 saturated heterocycles. The number of aryl methyl sites for hydroxylation is 1. The maximum Gasteiger partial charge on any atom is 0.157 e. The Morgan fingerprint density at radius 2 is 2.00 bits per heavy atom. The molecule has 2 rings (SSSR count). The first kappa shape index (κ1) is 12.5. The van der Waals surface area contributed by atoms with Gasteiger partial charge in [-0.3, -0.25) is 4.68 Å². The molecule has 1 heterocycles. The Bertz CT molecular complexity index is 505. The largest absolute Gasteiger partial charge is 0.485 e. The number of hydrogen-bond acceptors (Lipinski definition) is 2. The van der Waals surface area contributed by atoms with Crippen LogP contribution in [0.15, 0.2) is 30.6 Å². The summed E-state index contributed by atoms with van der Waals surface area (Å²) in [6.07, 6.45) is 4.21. The second kappa shape index (κ2) is 5.62. The lowest BCUT2D eigenvalue weighted by Gasteiger charge is -2.05. The fourth-order valence-electron chi connectivity index (χ4n) is 1.60. The number of hydrogen-bond donors (Lipinski definition) is 0. The van der Waals surface area contributed by atoms with Crippen LogP contribution >= 0.6 is 0 Å². The van der Waals surface area contributed by atoms with E-state index < -0.39 is 11.6 Å². The summed E-state index contributed by atoms with van der Waals surface area (Å²) in [6, 6.07) is 3.75. The van der Waals surface area contributed by atoms with Crippen molar-refractivity contribution in [1.29, 1.82) is 0 Å². The van der Waals surface area contributed by atoms with Gasteiger partial charge in [0, 0.05) is 6.54 Å². The van der Waals surface area contributed by atoms with E-state index in [4.69, 9.17) is 4.74 Å². The highest BCUT2D eigenvalue weighted by Crippen LogP contribution is 2.16. The molecule has 0 aliphatic heterocycles. The van der Waals surface area contributed by atoms with E-state index in [9.17, 15) is 8.78 Å². The maximum absolute atomic E-state index is 13.3. The molecule has 0 atom stereocenters. The van der Waals surface area contributed by atoms with Gasteiger partial charge in [-0.15, -0.1) is 0 Å². The molecule has 1 aromatic heterocycles. The fourth-order valence-corrected chi connectivity index (χ4v) is 1.60. The van der Waals surface area contributed by atoms with Crippen LogP contribution in [0.1, 0.15) is 18.9 Å². The Morgan fingerprint density at radius 3 is 2.67 bits per heavy atom. The molecule has 0 spiro atoms. The zero-order chi connectivity index (χ0) is 13.0. The summed E-state index contributed by atoms with van der Waals surface area (Å²) in [4.78, 5) is 0. The van der Waals surface area contributed by atoms with Crippen LogP contribution in [-0.2, 0) is 13.2 Å². The standard InChI is InChI=1S/C13H14F2N2O/c1-2-6-17-8-10(7-16-17)18-9-11-12(14)4-3-5-13(11)15/h3-5,7-8H,2,6,9H2,1H3. The Kier molecular flexibility index (Phi) is 3.92. The van der Waals surface area contributed by atoms with Gasteiger partial charge in [0.15, 0.2) is 5.75 Å². The summed E-state index contributed by atoms with van der Waals surface area (Å²) in [5, 5.41) is 4.07. The molecule has 0 radical (unpaired) electrons. The van der Waals surface area contributed by atoms with Crippen molar-refractivity contribution in [3.63, 3.8) is 0 Å². The minimum atomic E-state index is -0.601. The summed E-state index contributed by atoms with van der Waals surface area (Å²) in [5.74, 6) is -0.696. The minimum absolute atomic E-state index is 0.0688. The van der Waals surface area contributed by atoms with Gasteiger partial charge in [-0.25, -0.2) is 8.78 Å². The van der Waals surface area contributed by atoms with Gasteiger partial charge < -0.3 is 4.74 Å². The number of ether oxygens (including phenoxy) is 1. The van der Waals surface area contributed by atoms with Gasteiger partial charge in [0.2, 0.25) is 0 Å². The van der Waals surface area contributed by atoms with E-state index in [0.717, 1.165) is 13.0 Å². The zero-order valence-electron chi connectivity index (χ0n) is 10.1. The van der Waals surface area contributed by atoms with E-state index in [-0.39, 0.29) is 12.2 Å². The normalized spacial score (nSPS) is 10.6. The molecule has 0 N–H and O–H groups in total. The van der Waals surface area contributed by atoms with Gasteiger partial charge in [0.1, 0.15) is 18.2 Å². The number of rotatable bonds is 5. The summed E-state index contributed by atoms with van der Waals surface area (Å²) >= 11 is 0. The van der Waals surface area contributed by atoms with Crippen LogP contribution in [0.5, 0.6) is 5.75 Å². The quantitative estimate of drug-likeness (QED) is 0.817. The summed E-state index contributed by atoms with van der Waals surface area (Å²) in [6.45, 7) is 2.69. The van der Waals surface area contributed by atoms with Crippen molar-refractivity contribution in [2.45, 2.75) is 26.5 Å². The van der Waals surface area contributed by atoms with E-state index in [2.05, 4.69) is 5.10 Å². The predicted molar refractivity (Wildman–Crippen MR) is 63.2 cm³/mol. The molecule has 0 bridgehead atoms. The van der Waals surface area contributed by atoms with Crippen molar-refractivity contribution >= 4 is 0 Å². The van der Waals surface area contributed by atoms with Crippen molar-refractivity contribution < 1.29 is 13.5 Å². The smallest absolute Gasteiger partial charge is 0.157 e. The van der Waals surface area contributed by atoms with Crippen LogP contribution in [0.3, 0.4) is 0 Å². The number of nitrogens with zero attached hydrogens (tertiary/aromatic N) is 2. The average Bonchev–Trinajstić information content (AvgIpc) is 2.77. The summed E-state index contributed by atoms with van der Waals surface area (Å²) in [5.41, 5.74) is -0.0688. The summed E-state index contributed by atoms with van der Waals surface area (Å²) in [7, 11) is 0. The highest BCUT2D eigenvalue weighted by Gasteiger charge is 2.09. The topological polar surface area (TPSA) is 27.1 Å². The Labute approximate surface area is 104 Å². The van der Waals surface area contributed by atoms with Crippen molar-refractivity contribution in [2.24, 2.45) is 0 Å². The molecule has 0 saturated carbocycles. The van der Waals surface area contributed by atoms with Gasteiger partial charge >= 0.3 is 0 Å². The molecule has 0 aliphatic carbocycles. The fraction of sp³-hybridized carbons (Fsp3) is 0.308. The average molecular weight is 252 g/mol. The van der Waals surface area contributed by atoms with Crippen LogP contribution in [0.4, 0.5) is 8.78 Å². The first-order valence-corrected chi connectivity index (χ1v) is 5.79. The molecular weight excluding hydrogens is 238 g/mol. The molecule has 0 unspecified atom stereocenters. The number of halogens is 2. The third-order valence-electron chi connectivity index (χ3n) is 2.51. The molecule has 1 aromatic carbocycles. The summed E-state index contributed by atoms with van der Waals surface area (Å²) < 4.78 is 33.7. The van der Waals surface area contributed by atoms with E-state index in [1.54, 1.807) is 10.9 Å². The van der Waals surface area contributed by atoms with Crippen molar-refractivity contribution in [3.05, 3.63) is 47.8 Å². The van der Waals surface area contributed by atoms with E-state index in [1.807, 2.05) is 6.92 Å². The molecule has 2 aromatic rings. The van der Waals surface area contributed by atoms with Gasteiger partial charge in [-0.05, 0) is 18.6 Å². The van der Waals surface area contributed by atoms with Crippen molar-refractivity contribution in [3.8, 4) is 5.75 Å². The number of benzene rings is 1. The van der Waals surface area contributed by atoms with Crippen molar-refractivity contribution in [2.75, 3.05) is 0 Å². The van der Waals surface area contributed by atoms with Crippen LogP contribution in [0, 0.1) is 11.6 Å². The second-order valence-electron chi connectivity index (χ2n) is 3.93. The highest BCUT2D eigenvalue weighted by atomic mass is 19.1.